The van der Waals surface area contributed by atoms with Gasteiger partial charge in [0, 0.05) is 12.8 Å². The summed E-state index contributed by atoms with van der Waals surface area (Å²) in [6.07, 6.45) is 0.195. The third-order valence-corrected chi connectivity index (χ3v) is 5.15. The number of ether oxygens (including phenoxy) is 3. The molecule has 0 spiro atoms. The molecule has 1 amide bonds. The summed E-state index contributed by atoms with van der Waals surface area (Å²) in [5.41, 5.74) is 3.22. The van der Waals surface area contributed by atoms with Gasteiger partial charge in [-0.2, -0.15) is 0 Å². The van der Waals surface area contributed by atoms with Crippen molar-refractivity contribution < 1.29 is 19.0 Å². The smallest absolute Gasteiger partial charge is 0.412 e. The highest BCUT2D eigenvalue weighted by molar-refractivity contribution is 5.84. The summed E-state index contributed by atoms with van der Waals surface area (Å²) in [6, 6.07) is 17.0. The fourth-order valence-corrected chi connectivity index (χ4v) is 3.63. The first-order valence-electron chi connectivity index (χ1n) is 9.79. The second-order valence-electron chi connectivity index (χ2n) is 7.05. The van der Waals surface area contributed by atoms with Crippen molar-refractivity contribution in [3.63, 3.8) is 0 Å². The minimum Gasteiger partial charge on any atom is -0.497 e. The summed E-state index contributed by atoms with van der Waals surface area (Å²) in [5.74, 6) is 0.798. The van der Waals surface area contributed by atoms with Crippen molar-refractivity contribution in [1.29, 1.82) is 0 Å². The third kappa shape index (κ3) is 4.28. The maximum Gasteiger partial charge on any atom is 0.412 e. The number of anilines is 1. The molecule has 0 saturated heterocycles. The normalized spacial score (nSPS) is 17.8. The van der Waals surface area contributed by atoms with Crippen LogP contribution in [0.4, 0.5) is 10.5 Å². The topological polar surface area (TPSA) is 87.5 Å². The van der Waals surface area contributed by atoms with Crippen LogP contribution in [0.15, 0.2) is 54.6 Å². The van der Waals surface area contributed by atoms with Crippen LogP contribution in [0.5, 0.6) is 5.75 Å². The minimum atomic E-state index is -0.516. The number of nitrogens with zero attached hydrogens (tertiary/aromatic N) is 3. The van der Waals surface area contributed by atoms with Crippen LogP contribution in [-0.4, -0.2) is 35.3 Å². The summed E-state index contributed by atoms with van der Waals surface area (Å²) in [4.78, 5) is 12.4. The Labute approximate surface area is 174 Å². The molecule has 1 N–H and O–H groups in total. The minimum absolute atomic E-state index is 0.148. The molecular weight excluding hydrogens is 384 g/mol. The summed E-state index contributed by atoms with van der Waals surface area (Å²) < 4.78 is 18.4. The molecule has 1 aliphatic carbocycles. The second kappa shape index (κ2) is 8.96. The Balaban J connectivity index is 1.52. The average Bonchev–Trinajstić information content (AvgIpc) is 3.19. The summed E-state index contributed by atoms with van der Waals surface area (Å²) in [6.45, 7) is 0.537. The standard InChI is InChI=1S/C22H24N4O4/c1-28-17-10-8-15(9-11-17)14-26-21-19(29-2)13-12-18(20(21)24-25-26)30-22(27)23-16-6-4-3-5-7-16/h3-11,18-19H,12-14H2,1-2H3,(H,23,27). The van der Waals surface area contributed by atoms with Gasteiger partial charge in [-0.05, 0) is 42.7 Å². The van der Waals surface area contributed by atoms with Gasteiger partial charge in [0.25, 0.3) is 0 Å². The highest BCUT2D eigenvalue weighted by Gasteiger charge is 2.35. The lowest BCUT2D eigenvalue weighted by molar-refractivity contribution is 0.0389. The van der Waals surface area contributed by atoms with Gasteiger partial charge in [0.1, 0.15) is 23.7 Å². The van der Waals surface area contributed by atoms with Crippen molar-refractivity contribution in [3.8, 4) is 5.75 Å². The number of aromatic nitrogens is 3. The molecule has 156 valence electrons. The number of hydrogen-bond donors (Lipinski definition) is 1. The molecule has 0 saturated carbocycles. The molecule has 0 radical (unpaired) electrons. The van der Waals surface area contributed by atoms with E-state index in [1.54, 1.807) is 26.4 Å². The van der Waals surface area contributed by atoms with E-state index >= 15 is 0 Å². The lowest BCUT2D eigenvalue weighted by Crippen LogP contribution is -2.24. The fraction of sp³-hybridized carbons (Fsp3) is 0.318. The van der Waals surface area contributed by atoms with Crippen molar-refractivity contribution in [1.82, 2.24) is 15.0 Å². The highest BCUT2D eigenvalue weighted by atomic mass is 16.6. The van der Waals surface area contributed by atoms with Gasteiger partial charge in [-0.15, -0.1) is 5.10 Å². The number of carbonyl (C=O) groups excluding carboxylic acids is 1. The fourth-order valence-electron chi connectivity index (χ4n) is 3.63. The van der Waals surface area contributed by atoms with Gasteiger partial charge >= 0.3 is 6.09 Å². The number of rotatable bonds is 6. The number of carbonyl (C=O) groups is 1. The van der Waals surface area contributed by atoms with Crippen LogP contribution in [0.2, 0.25) is 0 Å². The van der Waals surface area contributed by atoms with E-state index in [0.717, 1.165) is 17.0 Å². The average molecular weight is 408 g/mol. The van der Waals surface area contributed by atoms with Gasteiger partial charge in [-0.1, -0.05) is 35.5 Å². The van der Waals surface area contributed by atoms with Crippen LogP contribution in [0, 0.1) is 0 Å². The maximum atomic E-state index is 12.4. The first-order valence-corrected chi connectivity index (χ1v) is 9.79. The Bertz CT molecular complexity index is 988. The number of para-hydroxylation sites is 1. The van der Waals surface area contributed by atoms with Gasteiger partial charge in [0.05, 0.1) is 19.3 Å². The number of nitrogens with one attached hydrogen (secondary N) is 1. The molecule has 30 heavy (non-hydrogen) atoms. The lowest BCUT2D eigenvalue weighted by Gasteiger charge is -2.27. The maximum absolute atomic E-state index is 12.4. The van der Waals surface area contributed by atoms with Crippen LogP contribution in [0.1, 0.15) is 42.0 Å². The Hall–Kier alpha value is -3.39. The van der Waals surface area contributed by atoms with Gasteiger partial charge < -0.3 is 14.2 Å². The molecule has 1 heterocycles. The molecule has 8 nitrogen and oxygen atoms in total. The first kappa shape index (κ1) is 19.9. The number of fused-ring (bicyclic) bond motifs is 1. The monoisotopic (exact) mass is 408 g/mol. The number of hydrogen-bond acceptors (Lipinski definition) is 6. The molecule has 1 aliphatic rings. The van der Waals surface area contributed by atoms with E-state index in [4.69, 9.17) is 14.2 Å². The van der Waals surface area contributed by atoms with E-state index in [0.29, 0.717) is 30.8 Å². The molecule has 8 heteroatoms. The summed E-state index contributed by atoms with van der Waals surface area (Å²) in [5, 5.41) is 11.4. The molecule has 4 rings (SSSR count). The SMILES string of the molecule is COc1ccc(Cn2nnc3c2C(OC)CCC3OC(=O)Nc2ccccc2)cc1. The first-order chi connectivity index (χ1) is 14.7. The molecule has 2 atom stereocenters. The van der Waals surface area contributed by atoms with Crippen LogP contribution in [-0.2, 0) is 16.0 Å². The van der Waals surface area contributed by atoms with Crippen molar-refractivity contribution in [3.05, 3.63) is 71.5 Å². The van der Waals surface area contributed by atoms with Crippen molar-refractivity contribution in [2.75, 3.05) is 19.5 Å². The number of benzene rings is 2. The van der Waals surface area contributed by atoms with E-state index in [9.17, 15) is 4.79 Å². The number of methoxy groups -OCH3 is 2. The van der Waals surface area contributed by atoms with Crippen LogP contribution < -0.4 is 10.1 Å². The van der Waals surface area contributed by atoms with E-state index in [1.807, 2.05) is 47.1 Å². The predicted octanol–water partition coefficient (Wildman–Crippen LogP) is 4.11. The highest BCUT2D eigenvalue weighted by Crippen LogP contribution is 2.39. The van der Waals surface area contributed by atoms with E-state index in [1.165, 1.54) is 0 Å². The zero-order chi connectivity index (χ0) is 20.9. The Morgan fingerprint density at radius 1 is 1.07 bits per heavy atom. The van der Waals surface area contributed by atoms with Crippen molar-refractivity contribution in [2.24, 2.45) is 0 Å². The van der Waals surface area contributed by atoms with Crippen molar-refractivity contribution in [2.45, 2.75) is 31.6 Å². The summed E-state index contributed by atoms with van der Waals surface area (Å²) >= 11 is 0. The molecule has 0 aliphatic heterocycles. The molecule has 2 aromatic carbocycles. The quantitative estimate of drug-likeness (QED) is 0.661. The zero-order valence-electron chi connectivity index (χ0n) is 16.9. The van der Waals surface area contributed by atoms with E-state index in [2.05, 4.69) is 15.6 Å². The lowest BCUT2D eigenvalue weighted by atomic mass is 9.95. The van der Waals surface area contributed by atoms with Crippen molar-refractivity contribution >= 4 is 11.8 Å². The van der Waals surface area contributed by atoms with Crippen LogP contribution in [0.25, 0.3) is 0 Å². The molecule has 0 bridgehead atoms. The zero-order valence-corrected chi connectivity index (χ0v) is 16.9. The Morgan fingerprint density at radius 3 is 2.50 bits per heavy atom. The molecule has 2 unspecified atom stereocenters. The summed E-state index contributed by atoms with van der Waals surface area (Å²) in [7, 11) is 3.31. The molecule has 1 aromatic heterocycles. The van der Waals surface area contributed by atoms with E-state index in [-0.39, 0.29) is 6.10 Å². The van der Waals surface area contributed by atoms with E-state index < -0.39 is 12.2 Å². The Kier molecular flexibility index (Phi) is 5.94. The second-order valence-corrected chi connectivity index (χ2v) is 7.05. The molecule has 3 aromatic rings. The largest absolute Gasteiger partial charge is 0.497 e. The van der Waals surface area contributed by atoms with Gasteiger partial charge in [-0.3, -0.25) is 5.32 Å². The number of amides is 1. The van der Waals surface area contributed by atoms with Gasteiger partial charge in [0.15, 0.2) is 0 Å². The van der Waals surface area contributed by atoms with Gasteiger partial charge in [0.2, 0.25) is 0 Å². The van der Waals surface area contributed by atoms with Gasteiger partial charge in [-0.25, -0.2) is 9.48 Å². The Morgan fingerprint density at radius 2 is 1.80 bits per heavy atom. The van der Waals surface area contributed by atoms with Crippen LogP contribution in [0.3, 0.4) is 0 Å². The molecular formula is C22H24N4O4. The third-order valence-electron chi connectivity index (χ3n) is 5.15. The van der Waals surface area contributed by atoms with Crippen LogP contribution >= 0.6 is 0 Å². The molecule has 0 fully saturated rings. The predicted molar refractivity (Wildman–Crippen MR) is 110 cm³/mol.